The molecule has 4 aliphatic carbocycles. The molecule has 0 spiro atoms. The zero-order valence-electron chi connectivity index (χ0n) is 38.3. The SMILES string of the molecule is C=C(/C=C\c1oc2ccc(C)cc2c1C)N(c1ccccc1)C1(C)CC2=C(C=C(N(c3ccccc3)C(C)/C=C\c3oc4ccc(C)cc4c3C)C3(C)C=CC=CC23)C2=C1CCC=C2. The Balaban J connectivity index is 1.09. The highest BCUT2D eigenvalue weighted by atomic mass is 16.3. The molecule has 0 bridgehead atoms. The average molecular weight is 839 g/mol. The van der Waals surface area contributed by atoms with Crippen molar-refractivity contribution in [2.45, 2.75) is 79.3 Å². The first-order valence-electron chi connectivity index (χ1n) is 22.9. The molecule has 0 amide bonds. The molecule has 4 heteroatoms. The molecule has 64 heavy (non-hydrogen) atoms. The minimum absolute atomic E-state index is 0.00855. The maximum absolute atomic E-state index is 6.44. The lowest BCUT2D eigenvalue weighted by Gasteiger charge is -2.54. The van der Waals surface area contributed by atoms with E-state index in [0.717, 1.165) is 70.0 Å². The molecule has 0 radical (unpaired) electrons. The lowest BCUT2D eigenvalue weighted by Crippen LogP contribution is -2.52. The first kappa shape index (κ1) is 41.2. The quantitative estimate of drug-likeness (QED) is 0.129. The van der Waals surface area contributed by atoms with E-state index >= 15 is 0 Å². The Morgan fingerprint density at radius 1 is 0.766 bits per heavy atom. The number of nitrogens with zero attached hydrogens (tertiary/aromatic N) is 2. The third kappa shape index (κ3) is 6.91. The molecule has 4 atom stereocenters. The molecule has 6 aromatic rings. The summed E-state index contributed by atoms with van der Waals surface area (Å²) in [5, 5.41) is 2.33. The van der Waals surface area contributed by atoms with Gasteiger partial charge in [-0.15, -0.1) is 0 Å². The van der Waals surface area contributed by atoms with Crippen LogP contribution in [0.2, 0.25) is 0 Å². The van der Waals surface area contributed by atoms with Crippen LogP contribution in [0.1, 0.15) is 73.8 Å². The monoisotopic (exact) mass is 838 g/mol. The predicted molar refractivity (Wildman–Crippen MR) is 269 cm³/mol. The number of hydrogen-bond donors (Lipinski definition) is 0. The molecule has 0 saturated heterocycles. The molecule has 2 aromatic heterocycles. The topological polar surface area (TPSA) is 32.8 Å². The molecule has 4 aromatic carbocycles. The maximum atomic E-state index is 6.44. The fourth-order valence-electron chi connectivity index (χ4n) is 11.1. The Bertz CT molecular complexity index is 3080. The fourth-order valence-corrected chi connectivity index (χ4v) is 11.1. The summed E-state index contributed by atoms with van der Waals surface area (Å²) >= 11 is 0. The van der Waals surface area contributed by atoms with Gasteiger partial charge in [0.15, 0.2) is 0 Å². The van der Waals surface area contributed by atoms with E-state index in [0.29, 0.717) is 0 Å². The van der Waals surface area contributed by atoms with E-state index in [1.165, 1.54) is 50.1 Å². The molecule has 4 unspecified atom stereocenters. The van der Waals surface area contributed by atoms with E-state index in [-0.39, 0.29) is 17.4 Å². The standard InChI is InChI=1S/C60H58N2O2/c1-39-26-30-56-48(35-39)43(5)54(63-56)32-28-41(3)61(45-19-11-9-12-20-45)58-37-50-47-23-15-16-25-53(47)60(8,38-51(50)52-24-17-18-34-59(52,58)7)62(46-21-13-10-14-22-46)42(4)29-33-55-44(6)49-36-40(2)27-31-57(49)64-55/h9-15,17-24,26-37,41,52H,4,16,25,38H2,1-3,5-8H3/b32-28-,33-29-. The van der Waals surface area contributed by atoms with Gasteiger partial charge in [-0.3, -0.25) is 0 Å². The van der Waals surface area contributed by atoms with Gasteiger partial charge >= 0.3 is 0 Å². The first-order valence-corrected chi connectivity index (χ1v) is 22.9. The van der Waals surface area contributed by atoms with Gasteiger partial charge in [0.25, 0.3) is 0 Å². The average Bonchev–Trinajstić information content (AvgIpc) is 3.79. The number of aryl methyl sites for hydroxylation is 4. The zero-order valence-corrected chi connectivity index (χ0v) is 38.3. The van der Waals surface area contributed by atoms with Gasteiger partial charge in [-0.1, -0.05) is 114 Å². The minimum Gasteiger partial charge on any atom is -0.456 e. The Morgan fingerprint density at radius 3 is 2.05 bits per heavy atom. The van der Waals surface area contributed by atoms with Crippen LogP contribution in [0.15, 0.2) is 201 Å². The summed E-state index contributed by atoms with van der Waals surface area (Å²) < 4.78 is 12.9. The largest absolute Gasteiger partial charge is 0.456 e. The predicted octanol–water partition coefficient (Wildman–Crippen LogP) is 15.8. The van der Waals surface area contributed by atoms with E-state index in [2.05, 4.69) is 222 Å². The van der Waals surface area contributed by atoms with Crippen molar-refractivity contribution >= 4 is 45.5 Å². The second-order valence-corrected chi connectivity index (χ2v) is 18.7. The van der Waals surface area contributed by atoms with Gasteiger partial charge in [0, 0.05) is 62.0 Å². The fraction of sp³-hybridized carbons (Fsp3) is 0.233. The van der Waals surface area contributed by atoms with Crippen LogP contribution in [0.3, 0.4) is 0 Å². The lowest BCUT2D eigenvalue weighted by molar-refractivity contribution is 0.354. The molecule has 0 saturated carbocycles. The van der Waals surface area contributed by atoms with E-state index in [4.69, 9.17) is 15.4 Å². The maximum Gasteiger partial charge on any atom is 0.135 e. The van der Waals surface area contributed by atoms with Crippen molar-refractivity contribution in [3.05, 3.63) is 226 Å². The molecule has 0 N–H and O–H groups in total. The van der Waals surface area contributed by atoms with Crippen LogP contribution in [-0.4, -0.2) is 11.6 Å². The van der Waals surface area contributed by atoms with Gasteiger partial charge in [0.2, 0.25) is 0 Å². The van der Waals surface area contributed by atoms with Crippen molar-refractivity contribution in [1.29, 1.82) is 0 Å². The zero-order chi connectivity index (χ0) is 44.3. The van der Waals surface area contributed by atoms with Gasteiger partial charge in [-0.2, -0.15) is 0 Å². The number of allylic oxidation sites excluding steroid dienone is 10. The summed E-state index contributed by atoms with van der Waals surface area (Å²) in [6.45, 7) is 20.6. The molecule has 10 rings (SSSR count). The highest BCUT2D eigenvalue weighted by Crippen LogP contribution is 2.58. The molecule has 320 valence electrons. The first-order chi connectivity index (χ1) is 30.9. The Hall–Kier alpha value is -6.78. The Morgan fingerprint density at radius 2 is 1.39 bits per heavy atom. The van der Waals surface area contributed by atoms with E-state index < -0.39 is 5.54 Å². The van der Waals surface area contributed by atoms with Crippen LogP contribution in [0.4, 0.5) is 11.4 Å². The Labute approximate surface area is 379 Å². The number of hydrogen-bond acceptors (Lipinski definition) is 4. The number of para-hydroxylation sites is 2. The van der Waals surface area contributed by atoms with Crippen molar-refractivity contribution < 1.29 is 8.83 Å². The summed E-state index contributed by atoms with van der Waals surface area (Å²) in [6, 6.07) is 34.6. The number of fused-ring (bicyclic) bond motifs is 5. The van der Waals surface area contributed by atoms with Crippen molar-refractivity contribution in [3.8, 4) is 0 Å². The van der Waals surface area contributed by atoms with Crippen LogP contribution in [0, 0.1) is 39.0 Å². The van der Waals surface area contributed by atoms with Crippen LogP contribution < -0.4 is 9.80 Å². The van der Waals surface area contributed by atoms with E-state index in [9.17, 15) is 0 Å². The van der Waals surface area contributed by atoms with Crippen LogP contribution in [0.25, 0.3) is 34.1 Å². The molecular formula is C60H58N2O2. The highest BCUT2D eigenvalue weighted by Gasteiger charge is 2.51. The Kier molecular flexibility index (Phi) is 10.4. The normalized spacial score (nSPS) is 22.0. The van der Waals surface area contributed by atoms with Gasteiger partial charge in [0.05, 0.1) is 5.54 Å². The van der Waals surface area contributed by atoms with Crippen molar-refractivity contribution in [2.24, 2.45) is 11.3 Å². The summed E-state index contributed by atoms with van der Waals surface area (Å²) in [4.78, 5) is 5.07. The van der Waals surface area contributed by atoms with Crippen LogP contribution in [0.5, 0.6) is 0 Å². The highest BCUT2D eigenvalue weighted by molar-refractivity contribution is 5.86. The van der Waals surface area contributed by atoms with Gasteiger partial charge in [-0.25, -0.2) is 0 Å². The van der Waals surface area contributed by atoms with E-state index in [1.54, 1.807) is 0 Å². The lowest BCUT2D eigenvalue weighted by atomic mass is 9.58. The van der Waals surface area contributed by atoms with Crippen LogP contribution in [-0.2, 0) is 0 Å². The number of rotatable bonds is 10. The summed E-state index contributed by atoms with van der Waals surface area (Å²) in [6.07, 6.45) is 28.3. The smallest absolute Gasteiger partial charge is 0.135 e. The third-order valence-electron chi connectivity index (χ3n) is 14.4. The number of anilines is 2. The van der Waals surface area contributed by atoms with Gasteiger partial charge in [-0.05, 0) is 157 Å². The molecular weight excluding hydrogens is 781 g/mol. The molecule has 2 heterocycles. The van der Waals surface area contributed by atoms with Gasteiger partial charge < -0.3 is 18.6 Å². The van der Waals surface area contributed by atoms with Crippen LogP contribution >= 0.6 is 0 Å². The summed E-state index contributed by atoms with van der Waals surface area (Å²) in [5.41, 5.74) is 16.0. The summed E-state index contributed by atoms with van der Waals surface area (Å²) in [7, 11) is 0. The summed E-state index contributed by atoms with van der Waals surface area (Å²) in [5.74, 6) is 1.90. The van der Waals surface area contributed by atoms with Gasteiger partial charge in [0.1, 0.15) is 22.7 Å². The molecule has 4 nitrogen and oxygen atoms in total. The second-order valence-electron chi connectivity index (χ2n) is 18.7. The second kappa shape index (κ2) is 16.1. The molecule has 0 aliphatic heterocycles. The molecule has 0 fully saturated rings. The third-order valence-corrected chi connectivity index (χ3v) is 14.4. The molecule has 4 aliphatic rings. The van der Waals surface area contributed by atoms with Crippen molar-refractivity contribution in [3.63, 3.8) is 0 Å². The minimum atomic E-state index is -0.402. The number of benzene rings is 4. The van der Waals surface area contributed by atoms with Crippen molar-refractivity contribution in [2.75, 3.05) is 9.80 Å². The van der Waals surface area contributed by atoms with E-state index in [1.807, 2.05) is 0 Å². The van der Waals surface area contributed by atoms with Crippen molar-refractivity contribution in [1.82, 2.24) is 0 Å². The number of furan rings is 2.